The highest BCUT2D eigenvalue weighted by molar-refractivity contribution is 5.93. The second kappa shape index (κ2) is 7.86. The van der Waals surface area contributed by atoms with Crippen LogP contribution in [0.15, 0.2) is 67.1 Å². The molecular formula is C20H13F3N6O2. The lowest BCUT2D eigenvalue weighted by molar-refractivity contribution is -0.383. The molecule has 11 heteroatoms. The van der Waals surface area contributed by atoms with Gasteiger partial charge in [-0.15, -0.1) is 0 Å². The Bertz CT molecular complexity index is 1270. The van der Waals surface area contributed by atoms with Crippen molar-refractivity contribution in [1.82, 2.24) is 15.0 Å². The number of nitrogens with zero attached hydrogens (tertiary/aromatic N) is 4. The predicted octanol–water partition coefficient (Wildman–Crippen LogP) is 5.44. The van der Waals surface area contributed by atoms with Crippen molar-refractivity contribution in [1.29, 1.82) is 0 Å². The van der Waals surface area contributed by atoms with Crippen molar-refractivity contribution in [2.24, 2.45) is 0 Å². The van der Waals surface area contributed by atoms with Gasteiger partial charge in [-0.25, -0.2) is 9.97 Å². The number of nitrogens with one attached hydrogen (secondary N) is 2. The summed E-state index contributed by atoms with van der Waals surface area (Å²) in [5, 5.41) is 18.0. The van der Waals surface area contributed by atoms with Gasteiger partial charge in [-0.2, -0.15) is 13.2 Å². The molecule has 8 nitrogen and oxygen atoms in total. The molecule has 31 heavy (non-hydrogen) atoms. The van der Waals surface area contributed by atoms with E-state index in [4.69, 9.17) is 0 Å². The SMILES string of the molecule is O=[N+]([O-])c1c(Nc2cccc(C(F)(F)F)c2)ncnc1Nc1cccc2cccnc12. The van der Waals surface area contributed by atoms with Gasteiger partial charge in [-0.1, -0.05) is 24.3 Å². The Morgan fingerprint density at radius 1 is 0.903 bits per heavy atom. The summed E-state index contributed by atoms with van der Waals surface area (Å²) in [5.41, 5.74) is -0.369. The van der Waals surface area contributed by atoms with Crippen LogP contribution in [0.5, 0.6) is 0 Å². The van der Waals surface area contributed by atoms with E-state index in [1.54, 1.807) is 24.4 Å². The van der Waals surface area contributed by atoms with Gasteiger partial charge in [0.2, 0.25) is 11.6 Å². The van der Waals surface area contributed by atoms with E-state index in [0.29, 0.717) is 11.2 Å². The number of fused-ring (bicyclic) bond motifs is 1. The molecule has 156 valence electrons. The Morgan fingerprint density at radius 2 is 1.61 bits per heavy atom. The Balaban J connectivity index is 1.73. The van der Waals surface area contributed by atoms with Gasteiger partial charge in [0.15, 0.2) is 0 Å². The first-order valence-electron chi connectivity index (χ1n) is 8.87. The van der Waals surface area contributed by atoms with Gasteiger partial charge >= 0.3 is 11.9 Å². The lowest BCUT2D eigenvalue weighted by atomic mass is 10.2. The third-order valence-corrected chi connectivity index (χ3v) is 4.34. The minimum atomic E-state index is -4.55. The molecule has 4 rings (SSSR count). The molecule has 2 aromatic carbocycles. The van der Waals surface area contributed by atoms with Gasteiger partial charge in [0.25, 0.3) is 0 Å². The number of rotatable bonds is 5. The van der Waals surface area contributed by atoms with E-state index in [1.807, 2.05) is 12.1 Å². The van der Waals surface area contributed by atoms with Gasteiger partial charge in [0.1, 0.15) is 6.33 Å². The van der Waals surface area contributed by atoms with Crippen LogP contribution in [-0.4, -0.2) is 19.9 Å². The molecule has 0 spiro atoms. The summed E-state index contributed by atoms with van der Waals surface area (Å²) < 4.78 is 38.9. The predicted molar refractivity (Wildman–Crippen MR) is 108 cm³/mol. The highest BCUT2D eigenvalue weighted by Gasteiger charge is 2.31. The molecule has 0 amide bonds. The fourth-order valence-electron chi connectivity index (χ4n) is 2.98. The summed E-state index contributed by atoms with van der Waals surface area (Å²) in [5.74, 6) is -0.386. The fraction of sp³-hybridized carbons (Fsp3) is 0.0500. The molecule has 0 saturated heterocycles. The van der Waals surface area contributed by atoms with Crippen molar-refractivity contribution in [2.45, 2.75) is 6.18 Å². The smallest absolute Gasteiger partial charge is 0.334 e. The molecule has 2 N–H and O–H groups in total. The average Bonchev–Trinajstić information content (AvgIpc) is 2.73. The molecule has 0 aliphatic carbocycles. The van der Waals surface area contributed by atoms with E-state index >= 15 is 0 Å². The van der Waals surface area contributed by atoms with Crippen LogP contribution in [0.4, 0.5) is 41.9 Å². The zero-order valence-electron chi connectivity index (χ0n) is 15.6. The zero-order valence-corrected chi connectivity index (χ0v) is 15.6. The second-order valence-electron chi connectivity index (χ2n) is 6.39. The maximum Gasteiger partial charge on any atom is 0.416 e. The third kappa shape index (κ3) is 4.20. The topological polar surface area (TPSA) is 106 Å². The van der Waals surface area contributed by atoms with Crippen molar-refractivity contribution in [3.05, 3.63) is 82.8 Å². The number of nitro groups is 1. The summed E-state index contributed by atoms with van der Waals surface area (Å²) in [6.45, 7) is 0. The van der Waals surface area contributed by atoms with Gasteiger partial charge in [0, 0.05) is 17.3 Å². The molecule has 0 radical (unpaired) electrons. The van der Waals surface area contributed by atoms with Gasteiger partial charge in [-0.3, -0.25) is 15.1 Å². The van der Waals surface area contributed by atoms with Crippen LogP contribution in [0.1, 0.15) is 5.56 Å². The van der Waals surface area contributed by atoms with Gasteiger partial charge < -0.3 is 10.6 Å². The number of anilines is 4. The number of halogens is 3. The first kappa shape index (κ1) is 20.0. The van der Waals surface area contributed by atoms with E-state index in [9.17, 15) is 23.3 Å². The van der Waals surface area contributed by atoms with Crippen molar-refractivity contribution in [3.8, 4) is 0 Å². The van der Waals surface area contributed by atoms with Gasteiger partial charge in [-0.05, 0) is 30.3 Å². The summed E-state index contributed by atoms with van der Waals surface area (Å²) in [7, 11) is 0. The summed E-state index contributed by atoms with van der Waals surface area (Å²) in [4.78, 5) is 23.1. The molecule has 2 heterocycles. The Hall–Kier alpha value is -4.28. The number of alkyl halides is 3. The Kier molecular flexibility index (Phi) is 5.07. The monoisotopic (exact) mass is 426 g/mol. The highest BCUT2D eigenvalue weighted by Crippen LogP contribution is 2.36. The number of benzene rings is 2. The number of hydrogen-bond acceptors (Lipinski definition) is 7. The van der Waals surface area contributed by atoms with Crippen molar-refractivity contribution < 1.29 is 18.1 Å². The Labute approximate surface area is 173 Å². The zero-order chi connectivity index (χ0) is 22.0. The molecule has 4 aromatic rings. The standard InChI is InChI=1S/C20H13F3N6O2/c21-20(22,23)13-6-2-7-14(10-13)27-18-17(29(30)31)19(26-11-25-18)28-15-8-1-4-12-5-3-9-24-16(12)15/h1-11H,(H2,25,26,27,28). The van der Waals surface area contributed by atoms with E-state index in [0.717, 1.165) is 23.8 Å². The second-order valence-corrected chi connectivity index (χ2v) is 6.39. The van der Waals surface area contributed by atoms with E-state index in [2.05, 4.69) is 25.6 Å². The van der Waals surface area contributed by atoms with E-state index < -0.39 is 22.4 Å². The molecule has 0 bridgehead atoms. The first-order chi connectivity index (χ1) is 14.8. The van der Waals surface area contributed by atoms with Crippen LogP contribution < -0.4 is 10.6 Å². The molecular weight excluding hydrogens is 413 g/mol. The lowest BCUT2D eigenvalue weighted by Gasteiger charge is -2.12. The minimum Gasteiger partial charge on any atom is -0.334 e. The summed E-state index contributed by atoms with van der Waals surface area (Å²) >= 11 is 0. The summed E-state index contributed by atoms with van der Waals surface area (Å²) in [6.07, 6.45) is -1.89. The van der Waals surface area contributed by atoms with Crippen LogP contribution in [-0.2, 0) is 6.18 Å². The molecule has 0 fully saturated rings. The van der Waals surface area contributed by atoms with E-state index in [-0.39, 0.29) is 17.3 Å². The maximum absolute atomic E-state index is 13.0. The molecule has 0 aliphatic rings. The molecule has 0 unspecified atom stereocenters. The van der Waals surface area contributed by atoms with Crippen LogP contribution in [0, 0.1) is 10.1 Å². The van der Waals surface area contributed by atoms with Crippen molar-refractivity contribution in [3.63, 3.8) is 0 Å². The van der Waals surface area contributed by atoms with Crippen LogP contribution >= 0.6 is 0 Å². The number of aromatic nitrogens is 3. The van der Waals surface area contributed by atoms with Gasteiger partial charge in [0.05, 0.1) is 21.7 Å². The molecule has 0 saturated carbocycles. The highest BCUT2D eigenvalue weighted by atomic mass is 19.4. The van der Waals surface area contributed by atoms with E-state index in [1.165, 1.54) is 12.1 Å². The summed E-state index contributed by atoms with van der Waals surface area (Å²) in [6, 6.07) is 13.2. The Morgan fingerprint density at radius 3 is 2.35 bits per heavy atom. The minimum absolute atomic E-state index is 0.00518. The van der Waals surface area contributed by atoms with Crippen molar-refractivity contribution in [2.75, 3.05) is 10.6 Å². The largest absolute Gasteiger partial charge is 0.416 e. The van der Waals surface area contributed by atoms with Crippen LogP contribution in [0.2, 0.25) is 0 Å². The quantitative estimate of drug-likeness (QED) is 0.323. The molecule has 2 aromatic heterocycles. The normalized spacial score (nSPS) is 11.3. The van der Waals surface area contributed by atoms with Crippen LogP contribution in [0.25, 0.3) is 10.9 Å². The van der Waals surface area contributed by atoms with Crippen LogP contribution in [0.3, 0.4) is 0 Å². The number of hydrogen-bond donors (Lipinski definition) is 2. The lowest BCUT2D eigenvalue weighted by Crippen LogP contribution is -2.07. The average molecular weight is 426 g/mol. The molecule has 0 aliphatic heterocycles. The maximum atomic E-state index is 13.0. The number of pyridine rings is 1. The fourth-order valence-corrected chi connectivity index (χ4v) is 2.98. The molecule has 0 atom stereocenters. The number of para-hydroxylation sites is 1. The van der Waals surface area contributed by atoms with Crippen molar-refractivity contribution >= 4 is 39.6 Å². The first-order valence-corrected chi connectivity index (χ1v) is 8.87. The third-order valence-electron chi connectivity index (χ3n) is 4.34.